The Morgan fingerprint density at radius 1 is 1.43 bits per heavy atom. The van der Waals surface area contributed by atoms with Gasteiger partial charge in [-0.15, -0.1) is 11.3 Å². The highest BCUT2D eigenvalue weighted by Crippen LogP contribution is 2.27. The number of ether oxygens (including phenoxy) is 2. The van der Waals surface area contributed by atoms with Gasteiger partial charge >= 0.3 is 0 Å². The maximum absolute atomic E-state index is 12.3. The average molecular weight is 333 g/mol. The summed E-state index contributed by atoms with van der Waals surface area (Å²) in [4.78, 5) is 16.5. The number of hydrogen-bond acceptors (Lipinski definition) is 6. The smallest absolute Gasteiger partial charge is 0.253 e. The van der Waals surface area contributed by atoms with Gasteiger partial charge in [-0.25, -0.2) is 4.98 Å². The molecule has 122 valence electrons. The van der Waals surface area contributed by atoms with E-state index in [-0.39, 0.29) is 12.0 Å². The quantitative estimate of drug-likeness (QED) is 0.846. The van der Waals surface area contributed by atoms with Crippen molar-refractivity contribution in [3.63, 3.8) is 0 Å². The number of hydrogen-bond donors (Lipinski definition) is 2. The van der Waals surface area contributed by atoms with E-state index >= 15 is 0 Å². The van der Waals surface area contributed by atoms with Crippen molar-refractivity contribution in [2.24, 2.45) is 5.73 Å². The minimum Gasteiger partial charge on any atom is -0.485 e. The lowest BCUT2D eigenvalue weighted by Gasteiger charge is -2.15. The lowest BCUT2D eigenvalue weighted by Crippen LogP contribution is -2.29. The van der Waals surface area contributed by atoms with Crippen LogP contribution in [0.4, 0.5) is 5.69 Å². The number of carbonyl (C=O) groups excluding carboxylic acids is 1. The van der Waals surface area contributed by atoms with Crippen LogP contribution in [0.15, 0.2) is 35.2 Å². The summed E-state index contributed by atoms with van der Waals surface area (Å²) in [6.45, 7) is 0.808. The first-order valence-electron chi connectivity index (χ1n) is 7.51. The van der Waals surface area contributed by atoms with Crippen molar-refractivity contribution < 1.29 is 14.3 Å². The van der Waals surface area contributed by atoms with E-state index in [2.05, 4.69) is 10.3 Å². The predicted octanol–water partition coefficient (Wildman–Crippen LogP) is 2.17. The van der Waals surface area contributed by atoms with Crippen molar-refractivity contribution in [2.75, 3.05) is 11.9 Å². The van der Waals surface area contributed by atoms with E-state index in [9.17, 15) is 4.79 Å². The molecule has 1 saturated heterocycles. The first-order valence-corrected chi connectivity index (χ1v) is 8.46. The summed E-state index contributed by atoms with van der Waals surface area (Å²) in [6.07, 6.45) is 1.03. The highest BCUT2D eigenvalue weighted by atomic mass is 32.1. The minimum atomic E-state index is -0.449. The monoisotopic (exact) mass is 333 g/mol. The lowest BCUT2D eigenvalue weighted by molar-refractivity contribution is -0.126. The fraction of sp³-hybridized carbons (Fsp3) is 0.375. The Morgan fingerprint density at radius 3 is 3.04 bits per heavy atom. The number of aromatic nitrogens is 1. The van der Waals surface area contributed by atoms with Gasteiger partial charge in [-0.05, 0) is 25.0 Å². The van der Waals surface area contributed by atoms with Crippen molar-refractivity contribution in [1.29, 1.82) is 0 Å². The number of carbonyl (C=O) groups is 1. The number of thiazole rings is 1. The van der Waals surface area contributed by atoms with Crippen LogP contribution in [0.5, 0.6) is 5.75 Å². The number of rotatable bonds is 6. The third kappa shape index (κ3) is 4.07. The normalized spacial score (nSPS) is 20.4. The zero-order chi connectivity index (χ0) is 16.1. The predicted molar refractivity (Wildman–Crippen MR) is 88.5 cm³/mol. The molecule has 1 aromatic carbocycles. The van der Waals surface area contributed by atoms with Gasteiger partial charge in [-0.3, -0.25) is 4.79 Å². The molecule has 0 saturated carbocycles. The molecule has 1 fully saturated rings. The van der Waals surface area contributed by atoms with E-state index in [4.69, 9.17) is 15.2 Å². The van der Waals surface area contributed by atoms with Crippen LogP contribution in [0.3, 0.4) is 0 Å². The molecule has 2 heterocycles. The second-order valence-electron chi connectivity index (χ2n) is 5.31. The van der Waals surface area contributed by atoms with Crippen molar-refractivity contribution in [3.05, 3.63) is 40.8 Å². The van der Waals surface area contributed by atoms with Crippen molar-refractivity contribution >= 4 is 22.9 Å². The van der Waals surface area contributed by atoms with E-state index in [0.717, 1.165) is 12.1 Å². The van der Waals surface area contributed by atoms with Gasteiger partial charge in [-0.1, -0.05) is 12.1 Å². The largest absolute Gasteiger partial charge is 0.485 e. The van der Waals surface area contributed by atoms with Crippen LogP contribution in [0.1, 0.15) is 18.5 Å². The molecule has 0 unspecified atom stereocenters. The van der Waals surface area contributed by atoms with Crippen LogP contribution in [0.25, 0.3) is 0 Å². The Labute approximate surface area is 138 Å². The molecular formula is C16H19N3O3S. The SMILES string of the molecule is NC[C@H]1CC[C@@H](C(=O)Nc2ccccc2OCc2cscn2)O1. The summed E-state index contributed by atoms with van der Waals surface area (Å²) in [5, 5.41) is 4.81. The molecular weight excluding hydrogens is 314 g/mol. The number of benzene rings is 1. The van der Waals surface area contributed by atoms with E-state index in [1.165, 1.54) is 11.3 Å². The Morgan fingerprint density at radius 2 is 2.30 bits per heavy atom. The third-order valence-electron chi connectivity index (χ3n) is 3.67. The molecule has 1 aromatic heterocycles. The molecule has 1 aliphatic heterocycles. The molecule has 23 heavy (non-hydrogen) atoms. The number of nitrogens with zero attached hydrogens (tertiary/aromatic N) is 1. The highest BCUT2D eigenvalue weighted by molar-refractivity contribution is 7.07. The van der Waals surface area contributed by atoms with Gasteiger partial charge < -0.3 is 20.5 Å². The molecule has 3 N–H and O–H groups in total. The Balaban J connectivity index is 1.62. The van der Waals surface area contributed by atoms with Crippen LogP contribution in [-0.2, 0) is 16.1 Å². The van der Waals surface area contributed by atoms with E-state index in [0.29, 0.717) is 31.0 Å². The molecule has 0 spiro atoms. The van der Waals surface area contributed by atoms with Gasteiger partial charge in [0.2, 0.25) is 0 Å². The molecule has 0 bridgehead atoms. The van der Waals surface area contributed by atoms with Crippen LogP contribution in [0, 0.1) is 0 Å². The zero-order valence-electron chi connectivity index (χ0n) is 12.6. The van der Waals surface area contributed by atoms with Gasteiger partial charge in [-0.2, -0.15) is 0 Å². The Bertz CT molecular complexity index is 648. The molecule has 3 rings (SSSR count). The molecule has 6 nitrogen and oxygen atoms in total. The zero-order valence-corrected chi connectivity index (χ0v) is 13.4. The Kier molecular flexibility index (Phi) is 5.22. The molecule has 0 radical (unpaired) electrons. The maximum atomic E-state index is 12.3. The van der Waals surface area contributed by atoms with Crippen LogP contribution >= 0.6 is 11.3 Å². The molecule has 2 atom stereocenters. The summed E-state index contributed by atoms with van der Waals surface area (Å²) in [6, 6.07) is 7.34. The van der Waals surface area contributed by atoms with Gasteiger partial charge in [0.25, 0.3) is 5.91 Å². The first kappa shape index (κ1) is 15.9. The fourth-order valence-corrected chi connectivity index (χ4v) is 2.98. The fourth-order valence-electron chi connectivity index (χ4n) is 2.44. The molecule has 2 aromatic rings. The number of nitrogens with one attached hydrogen (secondary N) is 1. The van der Waals surface area contributed by atoms with Crippen LogP contribution in [0.2, 0.25) is 0 Å². The third-order valence-corrected chi connectivity index (χ3v) is 4.30. The average Bonchev–Trinajstić information content (AvgIpc) is 3.25. The van der Waals surface area contributed by atoms with Gasteiger partial charge in [0.05, 0.1) is 23.0 Å². The standard InChI is InChI=1S/C16H19N3O3S/c17-7-12-5-6-15(22-12)16(20)19-13-3-1-2-4-14(13)21-8-11-9-23-10-18-11/h1-4,9-10,12,15H,5-8,17H2,(H,19,20)/t12-,15+/m1/s1. The summed E-state index contributed by atoms with van der Waals surface area (Å²) < 4.78 is 11.4. The second kappa shape index (κ2) is 7.54. The summed E-state index contributed by atoms with van der Waals surface area (Å²) >= 11 is 1.52. The number of nitrogens with two attached hydrogens (primary N) is 1. The van der Waals surface area contributed by atoms with E-state index in [1.807, 2.05) is 29.6 Å². The lowest BCUT2D eigenvalue weighted by atomic mass is 10.2. The van der Waals surface area contributed by atoms with Crippen LogP contribution in [-0.4, -0.2) is 29.6 Å². The molecule has 0 aliphatic carbocycles. The van der Waals surface area contributed by atoms with Crippen LogP contribution < -0.4 is 15.8 Å². The summed E-state index contributed by atoms with van der Waals surface area (Å²) in [5.41, 5.74) is 8.83. The van der Waals surface area contributed by atoms with Crippen molar-refractivity contribution in [1.82, 2.24) is 4.98 Å². The number of para-hydroxylation sites is 2. The number of amides is 1. The minimum absolute atomic E-state index is 0.0260. The van der Waals surface area contributed by atoms with Crippen molar-refractivity contribution in [3.8, 4) is 5.75 Å². The molecule has 1 amide bonds. The van der Waals surface area contributed by atoms with Gasteiger partial charge in [0.1, 0.15) is 18.5 Å². The molecule has 7 heteroatoms. The summed E-state index contributed by atoms with van der Waals surface area (Å²) in [5.74, 6) is 0.452. The van der Waals surface area contributed by atoms with Gasteiger partial charge in [0.15, 0.2) is 0 Å². The summed E-state index contributed by atoms with van der Waals surface area (Å²) in [7, 11) is 0. The topological polar surface area (TPSA) is 86.5 Å². The van der Waals surface area contributed by atoms with E-state index in [1.54, 1.807) is 5.51 Å². The van der Waals surface area contributed by atoms with E-state index < -0.39 is 6.10 Å². The maximum Gasteiger partial charge on any atom is 0.253 e. The Hall–Kier alpha value is -1.96. The van der Waals surface area contributed by atoms with Crippen molar-refractivity contribution in [2.45, 2.75) is 31.7 Å². The highest BCUT2D eigenvalue weighted by Gasteiger charge is 2.30. The molecule has 1 aliphatic rings. The second-order valence-corrected chi connectivity index (χ2v) is 6.03. The number of anilines is 1. The first-order chi connectivity index (χ1) is 11.3. The van der Waals surface area contributed by atoms with Gasteiger partial charge in [0, 0.05) is 11.9 Å².